The molecule has 0 atom stereocenters. The normalized spacial score (nSPS) is 14.1. The molecule has 10 heteroatoms. The maximum absolute atomic E-state index is 12.3. The Labute approximate surface area is 252 Å². The molecule has 0 radical (unpaired) electrons. The molecule has 0 saturated carbocycles. The van der Waals surface area contributed by atoms with Crippen LogP contribution < -0.4 is 74.2 Å². The Morgan fingerprint density at radius 2 is 1.63 bits per heavy atom. The second-order valence-corrected chi connectivity index (χ2v) is 8.27. The topological polar surface area (TPSA) is 121 Å². The number of carboxylic acid groups (broad SMARTS) is 2. The molecule has 35 heavy (non-hydrogen) atoms. The van der Waals surface area contributed by atoms with Crippen molar-refractivity contribution in [2.24, 2.45) is 0 Å². The number of nitrogens with zero attached hydrogens (tertiary/aromatic N) is 1. The van der Waals surface area contributed by atoms with Gasteiger partial charge in [0.2, 0.25) is 0 Å². The Kier molecular flexibility index (Phi) is 11.1. The number of carboxylic acids is 2. The first-order valence-corrected chi connectivity index (χ1v) is 10.2. The summed E-state index contributed by atoms with van der Waals surface area (Å²) in [6.07, 6.45) is 2.74. The van der Waals surface area contributed by atoms with Gasteiger partial charge in [0.25, 0.3) is 0 Å². The van der Waals surface area contributed by atoms with Crippen LogP contribution in [0.2, 0.25) is 5.02 Å². The zero-order chi connectivity index (χ0) is 24.6. The number of hydrogen-bond acceptors (Lipinski definition) is 6. The number of Topliss-reactive ketones (excluding diaryl/α,β-unsaturated/α-hetero) is 1. The first-order chi connectivity index (χ1) is 15.4. The molecule has 7 nitrogen and oxygen atoms in total. The summed E-state index contributed by atoms with van der Waals surface area (Å²) >= 11 is 6.60. The zero-order valence-electron chi connectivity index (χ0n) is 20.4. The average molecular weight is 512 g/mol. The van der Waals surface area contributed by atoms with Crippen molar-refractivity contribution < 1.29 is 88.8 Å². The van der Waals surface area contributed by atoms with E-state index in [4.69, 9.17) is 11.6 Å². The molecular formula is C25H20ClNNa2O6. The van der Waals surface area contributed by atoms with Gasteiger partial charge in [-0.15, -0.1) is 0 Å². The van der Waals surface area contributed by atoms with Crippen LogP contribution in [0.15, 0.2) is 59.2 Å². The van der Waals surface area contributed by atoms with Gasteiger partial charge < -0.3 is 25.0 Å². The summed E-state index contributed by atoms with van der Waals surface area (Å²) in [5.41, 5.74) is 1.72. The first kappa shape index (κ1) is 31.2. The van der Waals surface area contributed by atoms with Crippen LogP contribution in [0.3, 0.4) is 0 Å². The van der Waals surface area contributed by atoms with E-state index in [0.29, 0.717) is 27.3 Å². The van der Waals surface area contributed by atoms with Crippen molar-refractivity contribution in [3.8, 4) is 5.75 Å². The summed E-state index contributed by atoms with van der Waals surface area (Å²) in [4.78, 5) is 37.4. The van der Waals surface area contributed by atoms with E-state index in [1.807, 2.05) is 19.0 Å². The molecule has 1 aliphatic rings. The van der Waals surface area contributed by atoms with Crippen LogP contribution >= 0.6 is 11.6 Å². The number of ketones is 1. The quantitative estimate of drug-likeness (QED) is 0.327. The minimum absolute atomic E-state index is 0. The molecule has 0 unspecified atom stereocenters. The van der Waals surface area contributed by atoms with Gasteiger partial charge in [-0.1, -0.05) is 35.0 Å². The van der Waals surface area contributed by atoms with Crippen molar-refractivity contribution in [3.63, 3.8) is 0 Å². The second-order valence-electron chi connectivity index (χ2n) is 7.87. The molecule has 2 aromatic rings. The molecule has 0 aliphatic heterocycles. The maximum Gasteiger partial charge on any atom is 1.00 e. The molecule has 170 valence electrons. The molecule has 0 aromatic heterocycles. The van der Waals surface area contributed by atoms with Crippen LogP contribution in [0.25, 0.3) is 5.57 Å². The van der Waals surface area contributed by atoms with Crippen LogP contribution in [-0.4, -0.2) is 36.9 Å². The monoisotopic (exact) mass is 511 g/mol. The van der Waals surface area contributed by atoms with Gasteiger partial charge in [-0.05, 0) is 72.0 Å². The van der Waals surface area contributed by atoms with Crippen LogP contribution in [0.1, 0.15) is 34.0 Å². The van der Waals surface area contributed by atoms with Crippen molar-refractivity contribution in [1.29, 1.82) is 0 Å². The fraction of sp³-hybridized carbons (Fsp3) is 0.160. The van der Waals surface area contributed by atoms with E-state index >= 15 is 0 Å². The van der Waals surface area contributed by atoms with E-state index < -0.39 is 34.6 Å². The molecule has 1 N–H and O–H groups in total. The maximum atomic E-state index is 12.3. The van der Waals surface area contributed by atoms with Gasteiger partial charge >= 0.3 is 65.1 Å². The molecule has 0 heterocycles. The standard InChI is InChI=1S/C25H22ClNO6.2Na/c1-12-7-14(9-18(22(12)28)24(30)31)21(17-6-5-16(27(3)4)11-20(17)26)15-8-13(2)23(29)19(10-15)25(32)33;;/h5-11,28H,1-4H3,(H,30,31)(H,32,33);;/q;2*+1/p-2/b21-15-;;. The third-order valence-electron chi connectivity index (χ3n) is 5.32. The molecule has 1 aliphatic carbocycles. The number of anilines is 1. The largest absolute Gasteiger partial charge is 1.00 e. The predicted molar refractivity (Wildman–Crippen MR) is 121 cm³/mol. The van der Waals surface area contributed by atoms with E-state index in [-0.39, 0.29) is 70.3 Å². The Morgan fingerprint density at radius 1 is 1.00 bits per heavy atom. The van der Waals surface area contributed by atoms with Gasteiger partial charge in [0.1, 0.15) is 5.57 Å². The molecule has 3 rings (SSSR count). The van der Waals surface area contributed by atoms with Crippen molar-refractivity contribution in [2.75, 3.05) is 19.0 Å². The van der Waals surface area contributed by atoms with E-state index in [1.165, 1.54) is 38.1 Å². The molecule has 0 spiro atoms. The number of carbonyl (C=O) groups is 3. The van der Waals surface area contributed by atoms with Gasteiger partial charge in [0.05, 0.1) is 11.0 Å². The first-order valence-electron chi connectivity index (χ1n) is 9.85. The number of aryl methyl sites for hydroxylation is 1. The van der Waals surface area contributed by atoms with Crippen molar-refractivity contribution in [1.82, 2.24) is 0 Å². The molecule has 0 amide bonds. The fourth-order valence-corrected chi connectivity index (χ4v) is 3.88. The zero-order valence-corrected chi connectivity index (χ0v) is 25.1. The third kappa shape index (κ3) is 6.49. The van der Waals surface area contributed by atoms with Crippen molar-refractivity contribution in [3.05, 3.63) is 86.5 Å². The van der Waals surface area contributed by atoms with Crippen LogP contribution in [-0.2, 0) is 9.59 Å². The third-order valence-corrected chi connectivity index (χ3v) is 5.63. The Hall–Kier alpha value is -1.84. The van der Waals surface area contributed by atoms with E-state index in [9.17, 15) is 29.7 Å². The number of aliphatic carboxylic acids is 1. The van der Waals surface area contributed by atoms with E-state index in [0.717, 1.165) is 5.69 Å². The number of carbonyl (C=O) groups excluding carboxylic acids is 2. The molecular weight excluding hydrogens is 492 g/mol. The molecule has 0 fully saturated rings. The summed E-state index contributed by atoms with van der Waals surface area (Å²) < 4.78 is 0. The smallest absolute Gasteiger partial charge is 0.872 e. The van der Waals surface area contributed by atoms with Crippen molar-refractivity contribution in [2.45, 2.75) is 13.8 Å². The number of halogens is 1. The SMILES string of the molecule is CC1=C/C(=C(\c2cc(C)c([O-])c(C(=O)[O-])c2)c2ccc(N(C)C)cc2Cl)C=C(C(=O)O)C1=O.[Na+].[Na+]. The Balaban J connectivity index is 0.00000306. The number of rotatable bonds is 5. The average Bonchev–Trinajstić information content (AvgIpc) is 2.73. The van der Waals surface area contributed by atoms with E-state index in [2.05, 4.69) is 0 Å². The number of allylic oxidation sites excluding steroid dienone is 4. The summed E-state index contributed by atoms with van der Waals surface area (Å²) in [7, 11) is 3.68. The minimum atomic E-state index is -1.63. The Bertz CT molecular complexity index is 1310. The number of benzene rings is 2. The van der Waals surface area contributed by atoms with Gasteiger partial charge in [-0.25, -0.2) is 4.79 Å². The van der Waals surface area contributed by atoms with Gasteiger partial charge in [-0.2, -0.15) is 0 Å². The Morgan fingerprint density at radius 3 is 2.14 bits per heavy atom. The summed E-state index contributed by atoms with van der Waals surface area (Å²) in [6, 6.07) is 7.90. The summed E-state index contributed by atoms with van der Waals surface area (Å²) in [6.45, 7) is 2.96. The second kappa shape index (κ2) is 12.4. The van der Waals surface area contributed by atoms with Gasteiger partial charge in [0.15, 0.2) is 5.78 Å². The number of hydrogen-bond donors (Lipinski definition) is 1. The van der Waals surface area contributed by atoms with Crippen LogP contribution in [0.4, 0.5) is 5.69 Å². The fourth-order valence-electron chi connectivity index (χ4n) is 3.61. The predicted octanol–water partition coefficient (Wildman–Crippen LogP) is -3.50. The van der Waals surface area contributed by atoms with Gasteiger partial charge in [-0.3, -0.25) is 4.79 Å². The van der Waals surface area contributed by atoms with E-state index in [1.54, 1.807) is 18.2 Å². The van der Waals surface area contributed by atoms with Crippen LogP contribution in [0.5, 0.6) is 5.75 Å². The van der Waals surface area contributed by atoms with Crippen molar-refractivity contribution >= 4 is 40.6 Å². The van der Waals surface area contributed by atoms with Crippen LogP contribution in [0, 0.1) is 6.92 Å². The summed E-state index contributed by atoms with van der Waals surface area (Å²) in [5, 5.41) is 33.7. The number of aromatic carboxylic acids is 1. The molecule has 0 bridgehead atoms. The molecule has 2 aromatic carbocycles. The van der Waals surface area contributed by atoms with Gasteiger partial charge in [0, 0.05) is 25.3 Å². The minimum Gasteiger partial charge on any atom is -0.872 e. The molecule has 0 saturated heterocycles. The summed E-state index contributed by atoms with van der Waals surface area (Å²) in [5.74, 6) is -4.32.